The minimum atomic E-state index is -0.0273. The summed E-state index contributed by atoms with van der Waals surface area (Å²) in [5.41, 5.74) is 1.10. The van der Waals surface area contributed by atoms with E-state index in [-0.39, 0.29) is 5.91 Å². The molecule has 0 saturated carbocycles. The summed E-state index contributed by atoms with van der Waals surface area (Å²) >= 11 is 1.53. The van der Waals surface area contributed by atoms with Gasteiger partial charge < -0.3 is 24.4 Å². The van der Waals surface area contributed by atoms with E-state index in [1.54, 1.807) is 0 Å². The molecule has 7 heteroatoms. The van der Waals surface area contributed by atoms with Crippen molar-refractivity contribution in [3.05, 3.63) is 40.8 Å². The highest BCUT2D eigenvalue weighted by molar-refractivity contribution is 7.18. The molecule has 0 spiro atoms. The number of ether oxygens (including phenoxy) is 3. The molecule has 0 aliphatic carbocycles. The molecule has 1 aromatic carbocycles. The molecular formula is C21H28N2O4S. The molecule has 6 nitrogen and oxygen atoms in total. The van der Waals surface area contributed by atoms with Crippen molar-refractivity contribution < 1.29 is 19.0 Å². The number of morpholine rings is 1. The number of hydrogen-bond acceptors (Lipinski definition) is 6. The van der Waals surface area contributed by atoms with Crippen molar-refractivity contribution in [2.75, 3.05) is 51.0 Å². The maximum Gasteiger partial charge on any atom is 0.261 e. The van der Waals surface area contributed by atoms with Crippen LogP contribution in [-0.4, -0.2) is 52.0 Å². The SMILES string of the molecule is CCOc1ccc(CCNC(=O)c2ccc(N3CCOCC3)s2)cc1OCC. The van der Waals surface area contributed by atoms with Crippen LogP contribution in [-0.2, 0) is 11.2 Å². The molecule has 1 N–H and O–H groups in total. The third kappa shape index (κ3) is 5.39. The van der Waals surface area contributed by atoms with Crippen molar-refractivity contribution in [2.45, 2.75) is 20.3 Å². The van der Waals surface area contributed by atoms with Gasteiger partial charge in [-0.3, -0.25) is 4.79 Å². The van der Waals surface area contributed by atoms with Crippen LogP contribution in [0.3, 0.4) is 0 Å². The van der Waals surface area contributed by atoms with E-state index in [9.17, 15) is 4.79 Å². The van der Waals surface area contributed by atoms with E-state index in [0.717, 1.165) is 59.7 Å². The van der Waals surface area contributed by atoms with E-state index < -0.39 is 0 Å². The summed E-state index contributed by atoms with van der Waals surface area (Å²) in [7, 11) is 0. The number of benzene rings is 1. The Hall–Kier alpha value is -2.25. The molecule has 2 heterocycles. The summed E-state index contributed by atoms with van der Waals surface area (Å²) < 4.78 is 16.6. The van der Waals surface area contributed by atoms with Crippen LogP contribution in [0, 0.1) is 0 Å². The van der Waals surface area contributed by atoms with Gasteiger partial charge in [0.15, 0.2) is 11.5 Å². The number of carbonyl (C=O) groups is 1. The third-order valence-electron chi connectivity index (χ3n) is 4.45. The number of nitrogens with one attached hydrogen (secondary N) is 1. The lowest BCUT2D eigenvalue weighted by atomic mass is 10.1. The Balaban J connectivity index is 1.52. The van der Waals surface area contributed by atoms with E-state index in [0.29, 0.717) is 19.8 Å². The first-order chi connectivity index (χ1) is 13.7. The number of nitrogens with zero attached hydrogens (tertiary/aromatic N) is 1. The van der Waals surface area contributed by atoms with Crippen LogP contribution in [0.2, 0.25) is 0 Å². The van der Waals surface area contributed by atoms with Crippen LogP contribution < -0.4 is 19.7 Å². The molecule has 1 amide bonds. The summed E-state index contributed by atoms with van der Waals surface area (Å²) in [4.78, 5) is 15.5. The minimum Gasteiger partial charge on any atom is -0.490 e. The second-order valence-electron chi connectivity index (χ2n) is 6.39. The highest BCUT2D eigenvalue weighted by Gasteiger charge is 2.16. The van der Waals surface area contributed by atoms with Crippen LogP contribution in [0.15, 0.2) is 30.3 Å². The smallest absolute Gasteiger partial charge is 0.261 e. The van der Waals surface area contributed by atoms with Gasteiger partial charge in [-0.2, -0.15) is 0 Å². The average molecular weight is 405 g/mol. The van der Waals surface area contributed by atoms with Gasteiger partial charge in [-0.1, -0.05) is 6.07 Å². The largest absolute Gasteiger partial charge is 0.490 e. The number of amides is 1. The predicted octanol–water partition coefficient (Wildman–Crippen LogP) is 3.35. The molecule has 2 aromatic rings. The average Bonchev–Trinajstić information content (AvgIpc) is 3.21. The number of thiophene rings is 1. The molecule has 1 saturated heterocycles. The molecule has 0 radical (unpaired) electrons. The number of rotatable bonds is 9. The van der Waals surface area contributed by atoms with E-state index in [1.165, 1.54) is 11.3 Å². The molecule has 1 aliphatic heterocycles. The van der Waals surface area contributed by atoms with Crippen LogP contribution >= 0.6 is 11.3 Å². The van der Waals surface area contributed by atoms with Crippen LogP contribution in [0.5, 0.6) is 11.5 Å². The second-order valence-corrected chi connectivity index (χ2v) is 7.45. The van der Waals surface area contributed by atoms with Crippen molar-refractivity contribution >= 4 is 22.2 Å². The van der Waals surface area contributed by atoms with Crippen LogP contribution in [0.1, 0.15) is 29.1 Å². The van der Waals surface area contributed by atoms with E-state index in [1.807, 2.05) is 44.2 Å². The monoisotopic (exact) mass is 404 g/mol. The zero-order chi connectivity index (χ0) is 19.8. The number of carbonyl (C=O) groups excluding carboxylic acids is 1. The van der Waals surface area contributed by atoms with Gasteiger partial charge >= 0.3 is 0 Å². The van der Waals surface area contributed by atoms with Gasteiger partial charge in [0, 0.05) is 19.6 Å². The van der Waals surface area contributed by atoms with Gasteiger partial charge in [0.2, 0.25) is 0 Å². The Morgan fingerprint density at radius 1 is 1.11 bits per heavy atom. The predicted molar refractivity (Wildman–Crippen MR) is 112 cm³/mol. The number of hydrogen-bond donors (Lipinski definition) is 1. The Bertz CT molecular complexity index is 772. The molecule has 0 atom stereocenters. The van der Waals surface area contributed by atoms with Gasteiger partial charge in [0.05, 0.1) is 36.3 Å². The molecular weight excluding hydrogens is 376 g/mol. The molecule has 28 heavy (non-hydrogen) atoms. The van der Waals surface area contributed by atoms with Gasteiger partial charge in [0.1, 0.15) is 0 Å². The Kier molecular flexibility index (Phi) is 7.56. The third-order valence-corrected chi connectivity index (χ3v) is 5.59. The lowest BCUT2D eigenvalue weighted by Gasteiger charge is -2.27. The molecule has 0 bridgehead atoms. The van der Waals surface area contributed by atoms with Crippen molar-refractivity contribution in [2.24, 2.45) is 0 Å². The lowest BCUT2D eigenvalue weighted by Crippen LogP contribution is -2.35. The summed E-state index contributed by atoms with van der Waals surface area (Å²) in [6.07, 6.45) is 0.736. The Morgan fingerprint density at radius 3 is 2.61 bits per heavy atom. The van der Waals surface area contributed by atoms with E-state index >= 15 is 0 Å². The van der Waals surface area contributed by atoms with Crippen molar-refractivity contribution in [1.29, 1.82) is 0 Å². The maximum atomic E-state index is 12.5. The highest BCUT2D eigenvalue weighted by Crippen LogP contribution is 2.29. The van der Waals surface area contributed by atoms with Gasteiger partial charge in [0.25, 0.3) is 5.91 Å². The zero-order valence-corrected chi connectivity index (χ0v) is 17.3. The van der Waals surface area contributed by atoms with E-state index in [4.69, 9.17) is 14.2 Å². The first-order valence-corrected chi connectivity index (χ1v) is 10.6. The summed E-state index contributed by atoms with van der Waals surface area (Å²) in [6.45, 7) is 8.90. The zero-order valence-electron chi connectivity index (χ0n) is 16.5. The molecule has 152 valence electrons. The standard InChI is InChI=1S/C21H28N2O4S/c1-3-26-17-6-5-16(15-18(17)27-4-2)9-10-22-21(24)19-7-8-20(28-19)23-11-13-25-14-12-23/h5-8,15H,3-4,9-14H2,1-2H3,(H,22,24). The molecule has 1 aromatic heterocycles. The first-order valence-electron chi connectivity index (χ1n) is 9.80. The van der Waals surface area contributed by atoms with Crippen molar-refractivity contribution in [3.8, 4) is 11.5 Å². The summed E-state index contributed by atoms with van der Waals surface area (Å²) in [5.74, 6) is 1.48. The number of anilines is 1. The van der Waals surface area contributed by atoms with Crippen molar-refractivity contribution in [1.82, 2.24) is 5.32 Å². The topological polar surface area (TPSA) is 60.0 Å². The first kappa shape index (κ1) is 20.5. The second kappa shape index (κ2) is 10.3. The van der Waals surface area contributed by atoms with Gasteiger partial charge in [-0.15, -0.1) is 11.3 Å². The van der Waals surface area contributed by atoms with Crippen LogP contribution in [0.25, 0.3) is 0 Å². The Labute approximate surface area is 170 Å². The summed E-state index contributed by atoms with van der Waals surface area (Å²) in [6, 6.07) is 9.85. The molecule has 1 aliphatic rings. The van der Waals surface area contributed by atoms with E-state index in [2.05, 4.69) is 10.2 Å². The lowest BCUT2D eigenvalue weighted by molar-refractivity contribution is 0.0958. The molecule has 1 fully saturated rings. The molecule has 0 unspecified atom stereocenters. The minimum absolute atomic E-state index is 0.0273. The van der Waals surface area contributed by atoms with Crippen molar-refractivity contribution in [3.63, 3.8) is 0 Å². The van der Waals surface area contributed by atoms with Crippen LogP contribution in [0.4, 0.5) is 5.00 Å². The normalized spacial score (nSPS) is 14.0. The summed E-state index contributed by atoms with van der Waals surface area (Å²) in [5, 5.41) is 4.14. The van der Waals surface area contributed by atoms with Gasteiger partial charge in [-0.05, 0) is 50.1 Å². The highest BCUT2D eigenvalue weighted by atomic mass is 32.1. The van der Waals surface area contributed by atoms with Gasteiger partial charge in [-0.25, -0.2) is 0 Å². The molecule has 3 rings (SSSR count). The quantitative estimate of drug-likeness (QED) is 0.695. The maximum absolute atomic E-state index is 12.5. The Morgan fingerprint density at radius 2 is 1.86 bits per heavy atom. The fourth-order valence-electron chi connectivity index (χ4n) is 3.06. The fraction of sp³-hybridized carbons (Fsp3) is 0.476. The fourth-order valence-corrected chi connectivity index (χ4v) is 4.04.